The number of halogens is 1. The normalized spacial score (nSPS) is 11.0. The lowest BCUT2D eigenvalue weighted by Crippen LogP contribution is -2.26. The molecule has 2 N–H and O–H groups in total. The zero-order chi connectivity index (χ0) is 16.7. The minimum Gasteiger partial charge on any atom is -0.495 e. The summed E-state index contributed by atoms with van der Waals surface area (Å²) in [6.45, 7) is 1.87. The van der Waals surface area contributed by atoms with Gasteiger partial charge in [0.1, 0.15) is 5.75 Å². The van der Waals surface area contributed by atoms with Crippen LogP contribution >= 0.6 is 11.6 Å². The van der Waals surface area contributed by atoms with Crippen molar-refractivity contribution in [3.63, 3.8) is 0 Å². The van der Waals surface area contributed by atoms with Crippen molar-refractivity contribution in [3.8, 4) is 5.75 Å². The third-order valence-corrected chi connectivity index (χ3v) is 3.49. The minimum absolute atomic E-state index is 0.0830. The Hall–Kier alpha value is -2.53. The van der Waals surface area contributed by atoms with E-state index in [1.54, 1.807) is 20.1 Å². The van der Waals surface area contributed by atoms with Gasteiger partial charge in [-0.1, -0.05) is 41.9 Å². The molecule has 5 nitrogen and oxygen atoms in total. The monoisotopic (exact) mass is 331 g/mol. The third kappa shape index (κ3) is 4.72. The molecule has 0 aromatic heterocycles. The number of methoxy groups -OCH3 is 1. The Morgan fingerprint density at radius 3 is 2.61 bits per heavy atom. The van der Waals surface area contributed by atoms with Gasteiger partial charge < -0.3 is 10.1 Å². The highest BCUT2D eigenvalue weighted by Gasteiger charge is 2.06. The second kappa shape index (κ2) is 8.19. The second-order valence-electron chi connectivity index (χ2n) is 4.77. The van der Waals surface area contributed by atoms with Crippen LogP contribution in [-0.2, 0) is 4.79 Å². The van der Waals surface area contributed by atoms with Crippen LogP contribution in [0, 0.1) is 0 Å². The summed E-state index contributed by atoms with van der Waals surface area (Å²) >= 11 is 6.09. The molecule has 0 atom stereocenters. The molecule has 0 heterocycles. The van der Waals surface area contributed by atoms with Crippen molar-refractivity contribution in [1.29, 1.82) is 0 Å². The second-order valence-corrected chi connectivity index (χ2v) is 5.17. The number of hydrazone groups is 1. The summed E-state index contributed by atoms with van der Waals surface area (Å²) in [4.78, 5) is 11.9. The smallest absolute Gasteiger partial charge is 0.259 e. The molecule has 0 aliphatic heterocycles. The van der Waals surface area contributed by atoms with Crippen LogP contribution in [0.3, 0.4) is 0 Å². The van der Waals surface area contributed by atoms with Gasteiger partial charge in [-0.2, -0.15) is 5.10 Å². The van der Waals surface area contributed by atoms with Gasteiger partial charge in [-0.25, -0.2) is 5.43 Å². The summed E-state index contributed by atoms with van der Waals surface area (Å²) in [5, 5.41) is 7.67. The topological polar surface area (TPSA) is 62.7 Å². The maximum Gasteiger partial charge on any atom is 0.259 e. The Balaban J connectivity index is 1.92. The van der Waals surface area contributed by atoms with Crippen molar-refractivity contribution in [2.75, 3.05) is 19.0 Å². The van der Waals surface area contributed by atoms with Crippen LogP contribution in [0.2, 0.25) is 5.02 Å². The summed E-state index contributed by atoms with van der Waals surface area (Å²) in [6.07, 6.45) is 0. The molecule has 0 saturated carbocycles. The number of carbonyl (C=O) groups is 1. The number of amides is 1. The first-order valence-electron chi connectivity index (χ1n) is 7.06. The fraction of sp³-hybridized carbons (Fsp3) is 0.176. The zero-order valence-corrected chi connectivity index (χ0v) is 13.7. The number of nitrogens with zero attached hydrogens (tertiary/aromatic N) is 1. The Morgan fingerprint density at radius 1 is 1.17 bits per heavy atom. The number of hydrogen-bond acceptors (Lipinski definition) is 4. The molecule has 23 heavy (non-hydrogen) atoms. The maximum atomic E-state index is 11.9. The standard InChI is InChI=1S/C17H18ClN3O2/c1-12(13-7-3-4-8-14(13)18)20-21-17(22)11-19-15-9-5-6-10-16(15)23-2/h3-10,19H,11H2,1-2H3,(H,21,22)/b20-12+. The van der Waals surface area contributed by atoms with Gasteiger partial charge in [0, 0.05) is 10.6 Å². The predicted octanol–water partition coefficient (Wildman–Crippen LogP) is 3.30. The van der Waals surface area contributed by atoms with Crippen molar-refractivity contribution in [3.05, 3.63) is 59.1 Å². The van der Waals surface area contributed by atoms with E-state index >= 15 is 0 Å². The van der Waals surface area contributed by atoms with Crippen molar-refractivity contribution in [2.45, 2.75) is 6.92 Å². The van der Waals surface area contributed by atoms with Crippen molar-refractivity contribution < 1.29 is 9.53 Å². The van der Waals surface area contributed by atoms with Gasteiger partial charge in [0.2, 0.25) is 0 Å². The first-order chi connectivity index (χ1) is 11.1. The van der Waals surface area contributed by atoms with E-state index in [4.69, 9.17) is 16.3 Å². The van der Waals surface area contributed by atoms with Crippen molar-refractivity contribution in [2.24, 2.45) is 5.10 Å². The highest BCUT2D eigenvalue weighted by atomic mass is 35.5. The number of benzene rings is 2. The molecule has 0 saturated heterocycles. The number of rotatable bonds is 6. The Morgan fingerprint density at radius 2 is 1.87 bits per heavy atom. The molecule has 0 bridgehead atoms. The largest absolute Gasteiger partial charge is 0.495 e. The van der Waals surface area contributed by atoms with Gasteiger partial charge in [-0.05, 0) is 25.1 Å². The van der Waals surface area contributed by atoms with Gasteiger partial charge in [-0.15, -0.1) is 0 Å². The summed E-state index contributed by atoms with van der Waals surface area (Å²) in [6, 6.07) is 14.7. The molecule has 0 aliphatic carbocycles. The quantitative estimate of drug-likeness (QED) is 0.630. The first-order valence-corrected chi connectivity index (χ1v) is 7.44. The van der Waals surface area contributed by atoms with E-state index in [1.165, 1.54) is 0 Å². The summed E-state index contributed by atoms with van der Waals surface area (Å²) in [7, 11) is 1.58. The molecule has 2 rings (SSSR count). The van der Waals surface area contributed by atoms with Crippen molar-refractivity contribution in [1.82, 2.24) is 5.43 Å². The lowest BCUT2D eigenvalue weighted by molar-refractivity contribution is -0.119. The molecule has 0 aliphatic rings. The zero-order valence-electron chi connectivity index (χ0n) is 13.0. The molecule has 0 fully saturated rings. The number of nitrogens with one attached hydrogen (secondary N) is 2. The molecule has 6 heteroatoms. The summed E-state index contributed by atoms with van der Waals surface area (Å²) in [5.41, 5.74) is 4.67. The van der Waals surface area contributed by atoms with Crippen LogP contribution in [0.4, 0.5) is 5.69 Å². The highest BCUT2D eigenvalue weighted by Crippen LogP contribution is 2.22. The van der Waals surface area contributed by atoms with Gasteiger partial charge >= 0.3 is 0 Å². The molecule has 1 amide bonds. The summed E-state index contributed by atoms with van der Waals surface area (Å²) in [5.74, 6) is 0.415. The molecular weight excluding hydrogens is 314 g/mol. The van der Waals surface area contributed by atoms with Crippen LogP contribution < -0.4 is 15.5 Å². The van der Waals surface area contributed by atoms with Gasteiger partial charge in [-0.3, -0.25) is 4.79 Å². The Bertz CT molecular complexity index is 716. The average Bonchev–Trinajstić information content (AvgIpc) is 2.58. The van der Waals surface area contributed by atoms with Crippen LogP contribution in [0.15, 0.2) is 53.6 Å². The number of hydrogen-bond donors (Lipinski definition) is 2. The number of carbonyl (C=O) groups excluding carboxylic acids is 1. The summed E-state index contributed by atoms with van der Waals surface area (Å²) < 4.78 is 5.21. The van der Waals surface area contributed by atoms with Gasteiger partial charge in [0.15, 0.2) is 0 Å². The van der Waals surface area contributed by atoms with Crippen molar-refractivity contribution >= 4 is 28.9 Å². The van der Waals surface area contributed by atoms with E-state index < -0.39 is 0 Å². The van der Waals surface area contributed by atoms with E-state index in [0.717, 1.165) is 11.3 Å². The van der Waals surface area contributed by atoms with E-state index in [9.17, 15) is 4.79 Å². The third-order valence-electron chi connectivity index (χ3n) is 3.16. The van der Waals surface area contributed by atoms with E-state index in [2.05, 4.69) is 15.8 Å². The number of ether oxygens (including phenoxy) is 1. The lowest BCUT2D eigenvalue weighted by atomic mass is 10.1. The first kappa shape index (κ1) is 16.8. The molecule has 2 aromatic carbocycles. The van der Waals surface area contributed by atoms with Crippen LogP contribution in [-0.4, -0.2) is 25.3 Å². The van der Waals surface area contributed by atoms with Gasteiger partial charge in [0.05, 0.1) is 25.1 Å². The number of para-hydroxylation sites is 2. The lowest BCUT2D eigenvalue weighted by Gasteiger charge is -2.10. The van der Waals surface area contributed by atoms with E-state index in [-0.39, 0.29) is 12.5 Å². The van der Waals surface area contributed by atoms with E-state index in [1.807, 2.05) is 42.5 Å². The highest BCUT2D eigenvalue weighted by molar-refractivity contribution is 6.34. The van der Waals surface area contributed by atoms with Gasteiger partial charge in [0.25, 0.3) is 5.91 Å². The molecular formula is C17H18ClN3O2. The Labute approximate surface area is 140 Å². The Kier molecular flexibility index (Phi) is 6.00. The van der Waals surface area contributed by atoms with Crippen LogP contribution in [0.25, 0.3) is 0 Å². The molecule has 0 radical (unpaired) electrons. The fourth-order valence-electron chi connectivity index (χ4n) is 1.97. The minimum atomic E-state index is -0.262. The SMILES string of the molecule is COc1ccccc1NCC(=O)N/N=C(\C)c1ccccc1Cl. The van der Waals surface area contributed by atoms with Crippen LogP contribution in [0.1, 0.15) is 12.5 Å². The fourth-order valence-corrected chi connectivity index (χ4v) is 2.24. The average molecular weight is 332 g/mol. The maximum absolute atomic E-state index is 11.9. The molecule has 0 unspecified atom stereocenters. The molecule has 0 spiro atoms. The van der Waals surface area contributed by atoms with E-state index in [0.29, 0.717) is 16.5 Å². The molecule has 2 aromatic rings. The number of anilines is 1. The van der Waals surface area contributed by atoms with Crippen LogP contribution in [0.5, 0.6) is 5.75 Å². The predicted molar refractivity (Wildman–Crippen MR) is 93.3 cm³/mol. The molecule has 120 valence electrons.